The van der Waals surface area contributed by atoms with Crippen molar-refractivity contribution in [1.29, 1.82) is 0 Å². The van der Waals surface area contributed by atoms with Crippen LogP contribution in [0, 0.1) is 21.7 Å². The van der Waals surface area contributed by atoms with Gasteiger partial charge < -0.3 is 4.74 Å². The van der Waals surface area contributed by atoms with Gasteiger partial charge in [0.2, 0.25) is 5.75 Å². The van der Waals surface area contributed by atoms with Crippen LogP contribution in [-0.4, -0.2) is 10.7 Å². The summed E-state index contributed by atoms with van der Waals surface area (Å²) in [6.07, 6.45) is 0. The third-order valence-corrected chi connectivity index (χ3v) is 2.68. The number of nitro benzene ring substituents is 1. The fourth-order valence-corrected chi connectivity index (χ4v) is 1.72. The van der Waals surface area contributed by atoms with Gasteiger partial charge in [0.1, 0.15) is 11.6 Å². The zero-order chi connectivity index (χ0) is 15.6. The topological polar surface area (TPSA) is 69.4 Å². The van der Waals surface area contributed by atoms with Crippen molar-refractivity contribution in [2.45, 2.75) is 6.92 Å². The molecule has 0 bridgehead atoms. The van der Waals surface area contributed by atoms with Crippen LogP contribution in [0.15, 0.2) is 36.4 Å². The van der Waals surface area contributed by atoms with Gasteiger partial charge in [-0.1, -0.05) is 6.07 Å². The van der Waals surface area contributed by atoms with Gasteiger partial charge in [-0.05, 0) is 31.2 Å². The monoisotopic (exact) mass is 293 g/mol. The van der Waals surface area contributed by atoms with Crippen LogP contribution in [0.5, 0.6) is 11.5 Å². The molecule has 0 aromatic heterocycles. The zero-order valence-electron chi connectivity index (χ0n) is 10.8. The molecule has 0 atom stereocenters. The summed E-state index contributed by atoms with van der Waals surface area (Å²) in [5, 5.41) is 10.9. The first-order valence-electron chi connectivity index (χ1n) is 5.81. The molecule has 108 valence electrons. The third kappa shape index (κ3) is 3.02. The molecule has 21 heavy (non-hydrogen) atoms. The molecule has 0 radical (unpaired) electrons. The van der Waals surface area contributed by atoms with Crippen molar-refractivity contribution in [2.75, 3.05) is 0 Å². The number of carbonyl (C=O) groups is 1. The average Bonchev–Trinajstić information content (AvgIpc) is 2.42. The lowest BCUT2D eigenvalue weighted by molar-refractivity contribution is -0.385. The Balaban J connectivity index is 2.53. The van der Waals surface area contributed by atoms with Gasteiger partial charge in [-0.2, -0.15) is 0 Å². The van der Waals surface area contributed by atoms with Crippen molar-refractivity contribution in [3.8, 4) is 11.5 Å². The molecule has 0 unspecified atom stereocenters. The highest BCUT2D eigenvalue weighted by Gasteiger charge is 2.22. The molecule has 7 heteroatoms. The van der Waals surface area contributed by atoms with Gasteiger partial charge in [0.15, 0.2) is 11.6 Å². The van der Waals surface area contributed by atoms with Crippen LogP contribution in [0.25, 0.3) is 0 Å². The van der Waals surface area contributed by atoms with E-state index in [0.717, 1.165) is 36.4 Å². The first-order chi connectivity index (χ1) is 9.90. The largest absolute Gasteiger partial charge is 0.446 e. The van der Waals surface area contributed by atoms with E-state index in [2.05, 4.69) is 0 Å². The molecule has 0 spiro atoms. The normalized spacial score (nSPS) is 10.2. The lowest BCUT2D eigenvalue weighted by atomic mass is 10.1. The standard InChI is InChI=1S/C14H9F2NO4/c1-8(18)10-7-9(15)5-6-13(10)21-14-11(16)3-2-4-12(14)17(19)20/h2-7H,1H3. The molecule has 0 aliphatic carbocycles. The molecule has 5 nitrogen and oxygen atoms in total. The molecule has 2 aromatic rings. The SMILES string of the molecule is CC(=O)c1cc(F)ccc1Oc1c(F)cccc1[N+](=O)[O-]. The number of nitro groups is 1. The number of para-hydroxylation sites is 1. The first-order valence-corrected chi connectivity index (χ1v) is 5.81. The number of halogens is 2. The summed E-state index contributed by atoms with van der Waals surface area (Å²) in [5.74, 6) is -2.92. The van der Waals surface area contributed by atoms with E-state index >= 15 is 0 Å². The summed E-state index contributed by atoms with van der Waals surface area (Å²) in [5.41, 5.74) is -0.721. The van der Waals surface area contributed by atoms with Crippen LogP contribution in [-0.2, 0) is 0 Å². The molecule has 0 saturated heterocycles. The molecular weight excluding hydrogens is 284 g/mol. The summed E-state index contributed by atoms with van der Waals surface area (Å²) in [4.78, 5) is 21.5. The van der Waals surface area contributed by atoms with Gasteiger partial charge in [-0.15, -0.1) is 0 Å². The molecule has 2 rings (SSSR count). The summed E-state index contributed by atoms with van der Waals surface area (Å²) >= 11 is 0. The van der Waals surface area contributed by atoms with Crippen molar-refractivity contribution in [2.24, 2.45) is 0 Å². The molecule has 0 heterocycles. The fourth-order valence-electron chi connectivity index (χ4n) is 1.72. The Labute approximate surface area is 117 Å². The van der Waals surface area contributed by atoms with Crippen LogP contribution >= 0.6 is 0 Å². The number of Topliss-reactive ketones (excluding diaryl/α,β-unsaturated/α-hetero) is 1. The van der Waals surface area contributed by atoms with Gasteiger partial charge in [0.25, 0.3) is 0 Å². The molecule has 0 fully saturated rings. The summed E-state index contributed by atoms with van der Waals surface area (Å²) in [6, 6.07) is 6.26. The van der Waals surface area contributed by atoms with Gasteiger partial charge >= 0.3 is 5.69 Å². The predicted molar refractivity (Wildman–Crippen MR) is 69.5 cm³/mol. The second-order valence-electron chi connectivity index (χ2n) is 4.14. The van der Waals surface area contributed by atoms with E-state index in [9.17, 15) is 23.7 Å². The van der Waals surface area contributed by atoms with Crippen LogP contribution in [0.1, 0.15) is 17.3 Å². The molecule has 0 N–H and O–H groups in total. The van der Waals surface area contributed by atoms with Crippen molar-refractivity contribution in [3.05, 3.63) is 63.7 Å². The third-order valence-electron chi connectivity index (χ3n) is 2.68. The van der Waals surface area contributed by atoms with E-state index in [0.29, 0.717) is 0 Å². The molecule has 0 amide bonds. The maximum atomic E-state index is 13.7. The Bertz CT molecular complexity index is 731. The maximum Gasteiger partial charge on any atom is 0.314 e. The lowest BCUT2D eigenvalue weighted by Gasteiger charge is -2.10. The Hall–Kier alpha value is -2.83. The quantitative estimate of drug-likeness (QED) is 0.487. The van der Waals surface area contributed by atoms with Crippen molar-refractivity contribution >= 4 is 11.5 Å². The maximum absolute atomic E-state index is 13.7. The highest BCUT2D eigenvalue weighted by atomic mass is 19.1. The van der Waals surface area contributed by atoms with Crippen molar-refractivity contribution in [3.63, 3.8) is 0 Å². The summed E-state index contributed by atoms with van der Waals surface area (Å²) < 4.78 is 32.0. The minimum Gasteiger partial charge on any atom is -0.446 e. The molecule has 2 aromatic carbocycles. The second kappa shape index (κ2) is 5.66. The Morgan fingerprint density at radius 3 is 2.57 bits per heavy atom. The number of ether oxygens (including phenoxy) is 1. The van der Waals surface area contributed by atoms with Crippen molar-refractivity contribution in [1.82, 2.24) is 0 Å². The predicted octanol–water partition coefficient (Wildman–Crippen LogP) is 3.87. The van der Waals surface area contributed by atoms with Crippen LogP contribution in [0.4, 0.5) is 14.5 Å². The van der Waals surface area contributed by atoms with E-state index < -0.39 is 33.8 Å². The van der Waals surface area contributed by atoms with Crippen LogP contribution in [0.3, 0.4) is 0 Å². The van der Waals surface area contributed by atoms with E-state index in [1.807, 2.05) is 0 Å². The first kappa shape index (κ1) is 14.6. The molecular formula is C14H9F2NO4. The highest BCUT2D eigenvalue weighted by molar-refractivity contribution is 5.96. The van der Waals surface area contributed by atoms with E-state index in [4.69, 9.17) is 4.74 Å². The number of carbonyl (C=O) groups excluding carboxylic acids is 1. The number of benzene rings is 2. The Morgan fingerprint density at radius 2 is 1.95 bits per heavy atom. The number of hydrogen-bond donors (Lipinski definition) is 0. The minimum absolute atomic E-state index is 0.132. The molecule has 0 aliphatic rings. The van der Waals surface area contributed by atoms with Gasteiger partial charge in [0.05, 0.1) is 10.5 Å². The van der Waals surface area contributed by atoms with Crippen molar-refractivity contribution < 1.29 is 23.2 Å². The average molecular weight is 293 g/mol. The van der Waals surface area contributed by atoms with E-state index in [1.54, 1.807) is 0 Å². The molecule has 0 aliphatic heterocycles. The Kier molecular flexibility index (Phi) is 3.93. The van der Waals surface area contributed by atoms with Crippen LogP contribution in [0.2, 0.25) is 0 Å². The minimum atomic E-state index is -0.956. The zero-order valence-corrected chi connectivity index (χ0v) is 10.8. The lowest BCUT2D eigenvalue weighted by Crippen LogP contribution is -2.01. The van der Waals surface area contributed by atoms with E-state index in [1.165, 1.54) is 6.92 Å². The smallest absolute Gasteiger partial charge is 0.314 e. The molecule has 0 saturated carbocycles. The van der Waals surface area contributed by atoms with Gasteiger partial charge in [-0.25, -0.2) is 8.78 Å². The Morgan fingerprint density at radius 1 is 1.24 bits per heavy atom. The number of nitrogens with zero attached hydrogens (tertiary/aromatic N) is 1. The highest BCUT2D eigenvalue weighted by Crippen LogP contribution is 2.35. The number of hydrogen-bond acceptors (Lipinski definition) is 4. The number of ketones is 1. The van der Waals surface area contributed by atoms with Crippen LogP contribution < -0.4 is 4.74 Å². The summed E-state index contributed by atoms with van der Waals surface area (Å²) in [6.45, 7) is 1.18. The van der Waals surface area contributed by atoms with E-state index in [-0.39, 0.29) is 11.3 Å². The summed E-state index contributed by atoms with van der Waals surface area (Å²) in [7, 11) is 0. The fraction of sp³-hybridized carbons (Fsp3) is 0.0714. The number of rotatable bonds is 4. The van der Waals surface area contributed by atoms with Gasteiger partial charge in [0, 0.05) is 6.07 Å². The second-order valence-corrected chi connectivity index (χ2v) is 4.14. The van der Waals surface area contributed by atoms with Gasteiger partial charge in [-0.3, -0.25) is 14.9 Å².